The molecule has 2 heteroatoms. The van der Waals surface area contributed by atoms with E-state index < -0.39 is 0 Å². The number of nitrogens with one attached hydrogen (secondary N) is 1. The zero-order valence-corrected chi connectivity index (χ0v) is 7.54. The summed E-state index contributed by atoms with van der Waals surface area (Å²) in [5, 5.41) is 3.17. The molecule has 0 aliphatic heterocycles. The van der Waals surface area contributed by atoms with Crippen LogP contribution in [0, 0.1) is 0 Å². The minimum Gasteiger partial charge on any atom is -0.313 e. The number of aromatic nitrogens is 1. The molecule has 1 N–H and O–H groups in total. The van der Waals surface area contributed by atoms with Crippen molar-refractivity contribution in [3.8, 4) is 0 Å². The molecule has 1 atom stereocenters. The third-order valence-corrected chi connectivity index (χ3v) is 1.96. The lowest BCUT2D eigenvalue weighted by atomic mass is 10.1. The molecule has 0 fully saturated rings. The predicted octanol–water partition coefficient (Wildman–Crippen LogP) is 2.00. The molecule has 0 bridgehead atoms. The lowest BCUT2D eigenvalue weighted by molar-refractivity contribution is 0.648. The van der Waals surface area contributed by atoms with Crippen LogP contribution in [-0.2, 0) is 0 Å². The fourth-order valence-electron chi connectivity index (χ4n) is 1.12. The van der Waals surface area contributed by atoms with Crippen LogP contribution in [-0.4, -0.2) is 12.0 Å². The first-order valence-corrected chi connectivity index (χ1v) is 4.04. The zero-order valence-electron chi connectivity index (χ0n) is 7.54. The SMILES string of the molecule is C=Cc1ncccc1[C@H](C)NC. The van der Waals surface area contributed by atoms with Crippen molar-refractivity contribution in [2.45, 2.75) is 13.0 Å². The molecule has 1 heterocycles. The molecular formula is C10H14N2. The molecule has 0 radical (unpaired) electrons. The van der Waals surface area contributed by atoms with Crippen LogP contribution in [0.15, 0.2) is 24.9 Å². The molecule has 64 valence electrons. The number of hydrogen-bond acceptors (Lipinski definition) is 2. The van der Waals surface area contributed by atoms with Gasteiger partial charge in [-0.25, -0.2) is 0 Å². The van der Waals surface area contributed by atoms with E-state index in [-0.39, 0.29) is 0 Å². The van der Waals surface area contributed by atoms with Crippen LogP contribution in [0.5, 0.6) is 0 Å². The molecule has 2 nitrogen and oxygen atoms in total. The van der Waals surface area contributed by atoms with Gasteiger partial charge in [-0.2, -0.15) is 0 Å². The second-order valence-electron chi connectivity index (χ2n) is 2.69. The highest BCUT2D eigenvalue weighted by atomic mass is 14.9. The van der Waals surface area contributed by atoms with Gasteiger partial charge in [0.25, 0.3) is 0 Å². The van der Waals surface area contributed by atoms with Gasteiger partial charge in [-0.1, -0.05) is 12.6 Å². The maximum atomic E-state index is 4.21. The second kappa shape index (κ2) is 4.02. The van der Waals surface area contributed by atoms with Crippen LogP contribution in [0.3, 0.4) is 0 Å². The van der Waals surface area contributed by atoms with Crippen LogP contribution in [0.1, 0.15) is 24.2 Å². The Kier molecular flexibility index (Phi) is 3.00. The monoisotopic (exact) mass is 162 g/mol. The summed E-state index contributed by atoms with van der Waals surface area (Å²) < 4.78 is 0. The maximum Gasteiger partial charge on any atom is 0.0671 e. The van der Waals surface area contributed by atoms with Crippen molar-refractivity contribution in [2.75, 3.05) is 7.05 Å². The third-order valence-electron chi connectivity index (χ3n) is 1.96. The molecule has 0 amide bonds. The van der Waals surface area contributed by atoms with Gasteiger partial charge in [-0.15, -0.1) is 0 Å². The summed E-state index contributed by atoms with van der Waals surface area (Å²) >= 11 is 0. The lowest BCUT2D eigenvalue weighted by Crippen LogP contribution is -2.13. The minimum atomic E-state index is 0.326. The van der Waals surface area contributed by atoms with Crippen LogP contribution in [0.4, 0.5) is 0 Å². The number of rotatable bonds is 3. The molecule has 0 unspecified atom stereocenters. The predicted molar refractivity (Wildman–Crippen MR) is 51.8 cm³/mol. The molecule has 0 aliphatic rings. The smallest absolute Gasteiger partial charge is 0.0671 e. The Morgan fingerprint density at radius 3 is 3.00 bits per heavy atom. The van der Waals surface area contributed by atoms with Gasteiger partial charge in [0.05, 0.1) is 5.69 Å². The van der Waals surface area contributed by atoms with Crippen molar-refractivity contribution in [3.63, 3.8) is 0 Å². The van der Waals surface area contributed by atoms with Crippen molar-refractivity contribution in [1.29, 1.82) is 0 Å². The normalized spacial score (nSPS) is 12.5. The molecule has 0 saturated heterocycles. The average molecular weight is 162 g/mol. The molecule has 12 heavy (non-hydrogen) atoms. The van der Waals surface area contributed by atoms with E-state index in [1.165, 1.54) is 5.56 Å². The van der Waals surface area contributed by atoms with Crippen LogP contribution >= 0.6 is 0 Å². The topological polar surface area (TPSA) is 24.9 Å². The molecule has 1 aromatic heterocycles. The third kappa shape index (κ3) is 1.71. The molecule has 0 aliphatic carbocycles. The van der Waals surface area contributed by atoms with Crippen molar-refractivity contribution in [3.05, 3.63) is 36.2 Å². The largest absolute Gasteiger partial charge is 0.313 e. The van der Waals surface area contributed by atoms with Crippen molar-refractivity contribution in [1.82, 2.24) is 10.3 Å². The standard InChI is InChI=1S/C10H14N2/c1-4-10-9(8(2)11-3)6-5-7-12-10/h4-8,11H,1H2,2-3H3/t8-/m0/s1. The summed E-state index contributed by atoms with van der Waals surface area (Å²) in [7, 11) is 1.94. The molecule has 0 spiro atoms. The first-order valence-electron chi connectivity index (χ1n) is 4.04. The van der Waals surface area contributed by atoms with E-state index in [4.69, 9.17) is 0 Å². The second-order valence-corrected chi connectivity index (χ2v) is 2.69. The van der Waals surface area contributed by atoms with Crippen molar-refractivity contribution in [2.24, 2.45) is 0 Å². The highest BCUT2D eigenvalue weighted by Gasteiger charge is 2.05. The quantitative estimate of drug-likeness (QED) is 0.735. The van der Waals surface area contributed by atoms with Gasteiger partial charge in [-0.05, 0) is 31.7 Å². The average Bonchev–Trinajstić information content (AvgIpc) is 2.16. The van der Waals surface area contributed by atoms with Gasteiger partial charge in [0.15, 0.2) is 0 Å². The highest BCUT2D eigenvalue weighted by molar-refractivity contribution is 5.47. The van der Waals surface area contributed by atoms with Crippen LogP contribution in [0.25, 0.3) is 6.08 Å². The number of pyridine rings is 1. The summed E-state index contributed by atoms with van der Waals surface area (Å²) in [6, 6.07) is 4.33. The Morgan fingerprint density at radius 1 is 1.67 bits per heavy atom. The van der Waals surface area contributed by atoms with Gasteiger partial charge in [-0.3, -0.25) is 4.98 Å². The minimum absolute atomic E-state index is 0.326. The highest BCUT2D eigenvalue weighted by Crippen LogP contribution is 2.15. The van der Waals surface area contributed by atoms with Gasteiger partial charge < -0.3 is 5.32 Å². The lowest BCUT2D eigenvalue weighted by Gasteiger charge is -2.12. The van der Waals surface area contributed by atoms with E-state index in [0.29, 0.717) is 6.04 Å². The van der Waals surface area contributed by atoms with E-state index >= 15 is 0 Å². The molecule has 1 aromatic rings. The van der Waals surface area contributed by atoms with Gasteiger partial charge in [0.2, 0.25) is 0 Å². The first kappa shape index (κ1) is 8.94. The van der Waals surface area contributed by atoms with E-state index in [1.54, 1.807) is 12.3 Å². The molecule has 0 saturated carbocycles. The van der Waals surface area contributed by atoms with Crippen molar-refractivity contribution < 1.29 is 0 Å². The first-order chi connectivity index (χ1) is 5.79. The van der Waals surface area contributed by atoms with E-state index in [1.807, 2.05) is 13.1 Å². The zero-order chi connectivity index (χ0) is 8.97. The van der Waals surface area contributed by atoms with Crippen LogP contribution in [0.2, 0.25) is 0 Å². The fraction of sp³-hybridized carbons (Fsp3) is 0.300. The van der Waals surface area contributed by atoms with Gasteiger partial charge in [0, 0.05) is 12.2 Å². The Morgan fingerprint density at radius 2 is 2.42 bits per heavy atom. The summed E-state index contributed by atoms with van der Waals surface area (Å²) in [4.78, 5) is 4.21. The molecular weight excluding hydrogens is 148 g/mol. The summed E-state index contributed by atoms with van der Waals surface area (Å²) in [6.07, 6.45) is 3.56. The number of hydrogen-bond donors (Lipinski definition) is 1. The van der Waals surface area contributed by atoms with Crippen LogP contribution < -0.4 is 5.32 Å². The Hall–Kier alpha value is -1.15. The van der Waals surface area contributed by atoms with E-state index in [0.717, 1.165) is 5.69 Å². The van der Waals surface area contributed by atoms with E-state index in [9.17, 15) is 0 Å². The maximum absolute atomic E-state index is 4.21. The number of nitrogens with zero attached hydrogens (tertiary/aromatic N) is 1. The van der Waals surface area contributed by atoms with E-state index in [2.05, 4.69) is 29.9 Å². The Labute approximate surface area is 73.3 Å². The molecule has 1 rings (SSSR count). The van der Waals surface area contributed by atoms with Gasteiger partial charge in [0.1, 0.15) is 0 Å². The molecule has 0 aromatic carbocycles. The summed E-state index contributed by atoms with van der Waals surface area (Å²) in [5.74, 6) is 0. The van der Waals surface area contributed by atoms with Crippen molar-refractivity contribution >= 4 is 6.08 Å². The summed E-state index contributed by atoms with van der Waals surface area (Å²) in [6.45, 7) is 5.82. The fourth-order valence-corrected chi connectivity index (χ4v) is 1.12. The van der Waals surface area contributed by atoms with Gasteiger partial charge >= 0.3 is 0 Å². The summed E-state index contributed by atoms with van der Waals surface area (Å²) in [5.41, 5.74) is 2.15. The Bertz CT molecular complexity index is 268. The Balaban J connectivity index is 3.04.